The third kappa shape index (κ3) is 4.35. The van der Waals surface area contributed by atoms with Gasteiger partial charge in [0.1, 0.15) is 10.8 Å². The van der Waals surface area contributed by atoms with E-state index in [1.54, 1.807) is 0 Å². The summed E-state index contributed by atoms with van der Waals surface area (Å²) in [6.45, 7) is 0. The minimum atomic E-state index is -1.44. The second kappa shape index (κ2) is 4.40. The Morgan fingerprint density at radius 3 is 1.92 bits per heavy atom. The van der Waals surface area contributed by atoms with E-state index < -0.39 is 22.7 Å². The van der Waals surface area contributed by atoms with Crippen molar-refractivity contribution in [3.05, 3.63) is 22.9 Å². The summed E-state index contributed by atoms with van der Waals surface area (Å²) in [7, 11) is 0. The monoisotopic (exact) mass is 192 g/mol. The van der Waals surface area contributed by atoms with Crippen LogP contribution < -0.4 is 0 Å². The van der Waals surface area contributed by atoms with Gasteiger partial charge in [-0.15, -0.1) is 0 Å². The molecule has 0 aromatic rings. The molecule has 0 saturated heterocycles. The van der Waals surface area contributed by atoms with Gasteiger partial charge in [-0.3, -0.25) is 0 Å². The Kier molecular flexibility index (Phi) is 3.85. The minimum Gasteiger partial charge on any atom is -0.508 e. The molecule has 0 heterocycles. The zero-order valence-electron chi connectivity index (χ0n) is 5.69. The molecule has 0 radical (unpaired) electrons. The summed E-state index contributed by atoms with van der Waals surface area (Å²) in [6, 6.07) is 0. The standard InChI is InChI=1S/C6H5ClO5/c7-4(6(11)12)1-3(8)2-5(9)10/h1-2,8H,(H,9,10)(H,11,12)/b3-2-,4-1-. The van der Waals surface area contributed by atoms with Crippen molar-refractivity contribution in [2.24, 2.45) is 0 Å². The Balaban J connectivity index is 4.54. The van der Waals surface area contributed by atoms with Crippen LogP contribution in [0.25, 0.3) is 0 Å². The molecule has 0 aromatic heterocycles. The lowest BCUT2D eigenvalue weighted by Crippen LogP contribution is -1.95. The molecule has 3 N–H and O–H groups in total. The van der Waals surface area contributed by atoms with E-state index in [4.69, 9.17) is 26.9 Å². The Bertz CT molecular complexity index is 265. The molecule has 0 unspecified atom stereocenters. The van der Waals surface area contributed by atoms with Gasteiger partial charge in [0, 0.05) is 6.08 Å². The van der Waals surface area contributed by atoms with Crippen LogP contribution in [0.5, 0.6) is 0 Å². The van der Waals surface area contributed by atoms with Gasteiger partial charge in [-0.25, -0.2) is 9.59 Å². The molecule has 0 aliphatic rings. The largest absolute Gasteiger partial charge is 0.508 e. The maximum atomic E-state index is 10.0. The quantitative estimate of drug-likeness (QED) is 0.348. The van der Waals surface area contributed by atoms with Crippen molar-refractivity contribution in [3.63, 3.8) is 0 Å². The fourth-order valence-corrected chi connectivity index (χ4v) is 0.472. The van der Waals surface area contributed by atoms with Crippen LogP contribution >= 0.6 is 11.6 Å². The number of aliphatic carboxylic acids is 2. The zero-order valence-corrected chi connectivity index (χ0v) is 6.45. The predicted octanol–water partition coefficient (Wildman–Crippen LogP) is 0.720. The number of hydrogen-bond donors (Lipinski definition) is 3. The zero-order chi connectivity index (χ0) is 9.72. The Morgan fingerprint density at radius 1 is 1.08 bits per heavy atom. The van der Waals surface area contributed by atoms with Crippen molar-refractivity contribution in [2.45, 2.75) is 0 Å². The first-order valence-electron chi connectivity index (χ1n) is 2.67. The average molecular weight is 193 g/mol. The second-order valence-electron chi connectivity index (χ2n) is 1.70. The SMILES string of the molecule is O=C(O)/C=C(O)/C=C(\Cl)C(=O)O. The summed E-state index contributed by atoms with van der Waals surface area (Å²) in [5.74, 6) is -3.56. The van der Waals surface area contributed by atoms with Gasteiger partial charge in [-0.05, 0) is 0 Å². The number of halogens is 1. The molecule has 0 amide bonds. The highest BCUT2D eigenvalue weighted by atomic mass is 35.5. The minimum absolute atomic E-state index is 0.422. The van der Waals surface area contributed by atoms with Crippen LogP contribution in [0.15, 0.2) is 22.9 Å². The van der Waals surface area contributed by atoms with E-state index in [-0.39, 0.29) is 0 Å². The number of allylic oxidation sites excluding steroid dienone is 1. The number of hydrogen-bond acceptors (Lipinski definition) is 3. The average Bonchev–Trinajstić information content (AvgIpc) is 1.84. The van der Waals surface area contributed by atoms with E-state index in [0.717, 1.165) is 0 Å². The molecule has 0 rings (SSSR count). The summed E-state index contributed by atoms with van der Waals surface area (Å²) in [5, 5.41) is 24.3. The third-order valence-electron chi connectivity index (χ3n) is 0.750. The van der Waals surface area contributed by atoms with Crippen LogP contribution in [0.3, 0.4) is 0 Å². The molecule has 0 aliphatic carbocycles. The fourth-order valence-electron chi connectivity index (χ4n) is 0.360. The van der Waals surface area contributed by atoms with Gasteiger partial charge in [0.05, 0.1) is 6.08 Å². The van der Waals surface area contributed by atoms with Crippen molar-refractivity contribution >= 4 is 23.5 Å². The van der Waals surface area contributed by atoms with E-state index in [1.165, 1.54) is 0 Å². The summed E-state index contributed by atoms with van der Waals surface area (Å²) in [4.78, 5) is 19.9. The van der Waals surface area contributed by atoms with Crippen LogP contribution in [0, 0.1) is 0 Å². The molecule has 66 valence electrons. The first kappa shape index (κ1) is 10.5. The lowest BCUT2D eigenvalue weighted by molar-refractivity contribution is -0.132. The molecule has 6 heteroatoms. The van der Waals surface area contributed by atoms with Gasteiger partial charge in [-0.2, -0.15) is 0 Å². The van der Waals surface area contributed by atoms with Gasteiger partial charge in [0.2, 0.25) is 0 Å². The highest BCUT2D eigenvalue weighted by molar-refractivity contribution is 6.41. The number of aliphatic hydroxyl groups excluding tert-OH is 1. The lowest BCUT2D eigenvalue weighted by Gasteiger charge is -1.90. The number of carboxylic acid groups (broad SMARTS) is 2. The topological polar surface area (TPSA) is 94.8 Å². The fraction of sp³-hybridized carbons (Fsp3) is 0. The molecule has 0 aliphatic heterocycles. The molecular weight excluding hydrogens is 188 g/mol. The molecule has 0 atom stereocenters. The second-order valence-corrected chi connectivity index (χ2v) is 2.11. The van der Waals surface area contributed by atoms with E-state index in [1.807, 2.05) is 0 Å². The Hall–Kier alpha value is -1.49. The van der Waals surface area contributed by atoms with E-state index in [9.17, 15) is 9.59 Å². The molecule has 0 bridgehead atoms. The lowest BCUT2D eigenvalue weighted by atomic mass is 10.4. The highest BCUT2D eigenvalue weighted by Gasteiger charge is 2.03. The molecular formula is C6H5ClO5. The summed E-state index contributed by atoms with van der Waals surface area (Å²) in [6.07, 6.45) is 1.04. The van der Waals surface area contributed by atoms with Gasteiger partial charge < -0.3 is 15.3 Å². The highest BCUT2D eigenvalue weighted by Crippen LogP contribution is 2.04. The van der Waals surface area contributed by atoms with Gasteiger partial charge in [0.25, 0.3) is 0 Å². The molecule has 12 heavy (non-hydrogen) atoms. The summed E-state index contributed by atoms with van der Waals surface area (Å²) < 4.78 is 0. The molecule has 0 saturated carbocycles. The van der Waals surface area contributed by atoms with E-state index in [0.29, 0.717) is 12.2 Å². The normalized spacial score (nSPS) is 12.8. The van der Waals surface area contributed by atoms with Crippen molar-refractivity contribution in [3.8, 4) is 0 Å². The summed E-state index contributed by atoms with van der Waals surface area (Å²) in [5.41, 5.74) is 0. The van der Waals surface area contributed by atoms with Crippen LogP contribution in [0.4, 0.5) is 0 Å². The molecule has 0 fully saturated rings. The van der Waals surface area contributed by atoms with Crippen molar-refractivity contribution in [2.75, 3.05) is 0 Å². The van der Waals surface area contributed by atoms with Crippen molar-refractivity contribution < 1.29 is 24.9 Å². The predicted molar refractivity (Wildman–Crippen MR) is 39.9 cm³/mol. The van der Waals surface area contributed by atoms with Gasteiger partial charge >= 0.3 is 11.9 Å². The Morgan fingerprint density at radius 2 is 1.58 bits per heavy atom. The van der Waals surface area contributed by atoms with Crippen molar-refractivity contribution in [1.82, 2.24) is 0 Å². The van der Waals surface area contributed by atoms with Crippen LogP contribution in [-0.4, -0.2) is 27.3 Å². The third-order valence-corrected chi connectivity index (χ3v) is 1.02. The molecule has 0 spiro atoms. The number of carbonyl (C=O) groups is 2. The van der Waals surface area contributed by atoms with Gasteiger partial charge in [-0.1, -0.05) is 11.6 Å². The van der Waals surface area contributed by atoms with Crippen molar-refractivity contribution in [1.29, 1.82) is 0 Å². The first-order chi connectivity index (χ1) is 5.43. The first-order valence-corrected chi connectivity index (χ1v) is 3.05. The van der Waals surface area contributed by atoms with Crippen LogP contribution in [0.2, 0.25) is 0 Å². The Labute approximate surface area is 72.2 Å². The molecule has 5 nitrogen and oxygen atoms in total. The molecule has 0 aromatic carbocycles. The van der Waals surface area contributed by atoms with Gasteiger partial charge in [0.15, 0.2) is 0 Å². The summed E-state index contributed by atoms with van der Waals surface area (Å²) >= 11 is 5.06. The smallest absolute Gasteiger partial charge is 0.347 e. The van der Waals surface area contributed by atoms with Crippen LogP contribution in [0.1, 0.15) is 0 Å². The number of rotatable bonds is 3. The maximum Gasteiger partial charge on any atom is 0.347 e. The number of aliphatic hydroxyl groups is 1. The van der Waals surface area contributed by atoms with Crippen LogP contribution in [-0.2, 0) is 9.59 Å². The maximum absolute atomic E-state index is 10.0. The number of carboxylic acids is 2. The van der Waals surface area contributed by atoms with E-state index in [2.05, 4.69) is 0 Å². The van der Waals surface area contributed by atoms with E-state index >= 15 is 0 Å².